The first-order valence-electron chi connectivity index (χ1n) is 6.40. The molecule has 1 heterocycles. The van der Waals surface area contributed by atoms with Crippen molar-refractivity contribution in [2.24, 2.45) is 0 Å². The van der Waals surface area contributed by atoms with Crippen LogP contribution in [0.1, 0.15) is 0 Å². The minimum atomic E-state index is -0.384. The maximum absolute atomic E-state index is 5.31. The van der Waals surface area contributed by atoms with Crippen molar-refractivity contribution in [3.8, 4) is 22.8 Å². The monoisotopic (exact) mass is 293 g/mol. The first-order chi connectivity index (χ1) is 10.2. The highest BCUT2D eigenvalue weighted by molar-refractivity contribution is 5.63. The lowest BCUT2D eigenvalue weighted by molar-refractivity contribution is -0.112. The fourth-order valence-corrected chi connectivity index (χ4v) is 2.00. The molecule has 21 heavy (non-hydrogen) atoms. The zero-order valence-corrected chi connectivity index (χ0v) is 12.6. The van der Waals surface area contributed by atoms with Crippen LogP contribution in [-0.4, -0.2) is 49.7 Å². The number of rotatable bonds is 7. The van der Waals surface area contributed by atoms with Crippen molar-refractivity contribution in [1.29, 1.82) is 0 Å². The highest BCUT2D eigenvalue weighted by Gasteiger charge is 2.14. The number of benzene rings is 1. The van der Waals surface area contributed by atoms with E-state index in [-0.39, 0.29) is 6.29 Å². The summed E-state index contributed by atoms with van der Waals surface area (Å²) in [5.74, 6) is 1.32. The Morgan fingerprint density at radius 3 is 2.38 bits per heavy atom. The first-order valence-corrected chi connectivity index (χ1v) is 6.40. The molecule has 114 valence electrons. The molecule has 0 radical (unpaired) electrons. The predicted molar refractivity (Wildman–Crippen MR) is 76.4 cm³/mol. The first kappa shape index (κ1) is 15.3. The van der Waals surface area contributed by atoms with Gasteiger partial charge in [-0.1, -0.05) is 5.21 Å². The molecule has 0 amide bonds. The van der Waals surface area contributed by atoms with E-state index in [1.54, 1.807) is 39.3 Å². The number of hydrogen-bond donors (Lipinski definition) is 0. The highest BCUT2D eigenvalue weighted by atomic mass is 16.7. The topological polar surface area (TPSA) is 67.6 Å². The Balaban J connectivity index is 2.32. The molecule has 0 unspecified atom stereocenters. The van der Waals surface area contributed by atoms with Gasteiger partial charge in [-0.05, 0) is 18.2 Å². The minimum absolute atomic E-state index is 0.384. The largest absolute Gasteiger partial charge is 0.493 e. The van der Waals surface area contributed by atoms with Crippen LogP contribution in [0, 0.1) is 0 Å². The summed E-state index contributed by atoms with van der Waals surface area (Å²) in [6, 6.07) is 5.64. The number of hydrogen-bond acceptors (Lipinski definition) is 6. The molecule has 2 rings (SSSR count). The quantitative estimate of drug-likeness (QED) is 0.722. The van der Waals surface area contributed by atoms with Crippen LogP contribution < -0.4 is 9.47 Å². The molecule has 0 saturated heterocycles. The molecule has 2 aromatic rings. The van der Waals surface area contributed by atoms with E-state index in [2.05, 4.69) is 10.3 Å². The summed E-state index contributed by atoms with van der Waals surface area (Å²) in [4.78, 5) is 0. The normalized spacial score (nSPS) is 10.9. The smallest absolute Gasteiger partial charge is 0.176 e. The van der Waals surface area contributed by atoms with E-state index in [1.165, 1.54) is 0 Å². The molecule has 0 bridgehead atoms. The van der Waals surface area contributed by atoms with Crippen molar-refractivity contribution >= 4 is 0 Å². The molecule has 0 fully saturated rings. The zero-order chi connectivity index (χ0) is 15.2. The van der Waals surface area contributed by atoms with Crippen LogP contribution in [0.25, 0.3) is 11.3 Å². The van der Waals surface area contributed by atoms with Gasteiger partial charge in [-0.3, -0.25) is 0 Å². The molecular formula is C14H19N3O4. The van der Waals surface area contributed by atoms with Gasteiger partial charge in [-0.15, -0.1) is 5.10 Å². The van der Waals surface area contributed by atoms with Gasteiger partial charge >= 0.3 is 0 Å². The van der Waals surface area contributed by atoms with Crippen LogP contribution >= 0.6 is 0 Å². The van der Waals surface area contributed by atoms with Crippen LogP contribution in [0.15, 0.2) is 24.4 Å². The molecule has 7 heteroatoms. The summed E-state index contributed by atoms with van der Waals surface area (Å²) >= 11 is 0. The van der Waals surface area contributed by atoms with Crippen LogP contribution in [0.4, 0.5) is 0 Å². The van der Waals surface area contributed by atoms with E-state index in [9.17, 15) is 0 Å². The standard InChI is InChI=1S/C14H19N3O4/c1-18-12-6-5-10(7-13(12)19-2)11-8-15-16-17(11)9-14(20-3)21-4/h5-8,14H,9H2,1-4H3. The number of nitrogens with zero attached hydrogens (tertiary/aromatic N) is 3. The summed E-state index contributed by atoms with van der Waals surface area (Å²) in [6.45, 7) is 0.441. The van der Waals surface area contributed by atoms with Gasteiger partial charge in [-0.25, -0.2) is 4.68 Å². The predicted octanol–water partition coefficient (Wildman–Crippen LogP) is 1.58. The number of aromatic nitrogens is 3. The average molecular weight is 293 g/mol. The molecule has 0 spiro atoms. The fraction of sp³-hybridized carbons (Fsp3) is 0.429. The Morgan fingerprint density at radius 2 is 1.76 bits per heavy atom. The number of ether oxygens (including phenoxy) is 4. The van der Waals surface area contributed by atoms with Gasteiger partial charge < -0.3 is 18.9 Å². The summed E-state index contributed by atoms with van der Waals surface area (Å²) < 4.78 is 22.6. The minimum Gasteiger partial charge on any atom is -0.493 e. The van der Waals surface area contributed by atoms with Crippen molar-refractivity contribution in [2.75, 3.05) is 28.4 Å². The van der Waals surface area contributed by atoms with E-state index in [4.69, 9.17) is 18.9 Å². The lowest BCUT2D eigenvalue weighted by atomic mass is 10.1. The second kappa shape index (κ2) is 7.05. The van der Waals surface area contributed by atoms with Gasteiger partial charge in [0.05, 0.1) is 32.7 Å². The van der Waals surface area contributed by atoms with E-state index in [0.717, 1.165) is 11.3 Å². The van der Waals surface area contributed by atoms with Gasteiger partial charge in [0.1, 0.15) is 0 Å². The summed E-state index contributed by atoms with van der Waals surface area (Å²) in [5.41, 5.74) is 1.76. The Labute approximate surface area is 123 Å². The Kier molecular flexibility index (Phi) is 5.13. The van der Waals surface area contributed by atoms with Gasteiger partial charge in [0.2, 0.25) is 0 Å². The van der Waals surface area contributed by atoms with Gasteiger partial charge in [0, 0.05) is 19.8 Å². The number of methoxy groups -OCH3 is 4. The van der Waals surface area contributed by atoms with Crippen LogP contribution in [0.3, 0.4) is 0 Å². The maximum Gasteiger partial charge on any atom is 0.176 e. The van der Waals surface area contributed by atoms with Crippen molar-refractivity contribution in [3.05, 3.63) is 24.4 Å². The molecule has 0 aliphatic carbocycles. The summed E-state index contributed by atoms with van der Waals surface area (Å²) in [6.07, 6.45) is 1.30. The summed E-state index contributed by atoms with van der Waals surface area (Å²) in [7, 11) is 6.37. The molecule has 1 aromatic carbocycles. The van der Waals surface area contributed by atoms with E-state index in [1.807, 2.05) is 18.2 Å². The maximum atomic E-state index is 5.31. The second-order valence-electron chi connectivity index (χ2n) is 4.27. The van der Waals surface area contributed by atoms with Crippen molar-refractivity contribution in [3.63, 3.8) is 0 Å². The van der Waals surface area contributed by atoms with Crippen molar-refractivity contribution < 1.29 is 18.9 Å². The lowest BCUT2D eigenvalue weighted by Gasteiger charge is -2.15. The third kappa shape index (κ3) is 3.32. The average Bonchev–Trinajstić information content (AvgIpc) is 2.99. The van der Waals surface area contributed by atoms with E-state index in [0.29, 0.717) is 18.0 Å². The van der Waals surface area contributed by atoms with Crippen LogP contribution in [0.2, 0.25) is 0 Å². The zero-order valence-electron chi connectivity index (χ0n) is 12.6. The Hall–Kier alpha value is -2.12. The van der Waals surface area contributed by atoms with Gasteiger partial charge in [0.25, 0.3) is 0 Å². The lowest BCUT2D eigenvalue weighted by Crippen LogP contribution is -2.21. The molecule has 0 aliphatic heterocycles. The SMILES string of the molecule is COc1ccc(-c2cnnn2CC(OC)OC)cc1OC. The van der Waals surface area contributed by atoms with Crippen LogP contribution in [-0.2, 0) is 16.0 Å². The van der Waals surface area contributed by atoms with Gasteiger partial charge in [-0.2, -0.15) is 0 Å². The molecule has 7 nitrogen and oxygen atoms in total. The molecule has 1 aromatic heterocycles. The molecule has 0 aliphatic rings. The second-order valence-corrected chi connectivity index (χ2v) is 4.27. The van der Waals surface area contributed by atoms with Crippen LogP contribution in [0.5, 0.6) is 11.5 Å². The molecule has 0 atom stereocenters. The fourth-order valence-electron chi connectivity index (χ4n) is 2.00. The Morgan fingerprint density at radius 1 is 1.05 bits per heavy atom. The third-order valence-corrected chi connectivity index (χ3v) is 3.14. The van der Waals surface area contributed by atoms with Gasteiger partial charge in [0.15, 0.2) is 17.8 Å². The summed E-state index contributed by atoms with van der Waals surface area (Å²) in [5, 5.41) is 8.01. The molecular weight excluding hydrogens is 274 g/mol. The molecule has 0 saturated carbocycles. The molecule has 0 N–H and O–H groups in total. The van der Waals surface area contributed by atoms with E-state index < -0.39 is 0 Å². The van der Waals surface area contributed by atoms with Crippen molar-refractivity contribution in [1.82, 2.24) is 15.0 Å². The Bertz CT molecular complexity index is 581. The highest BCUT2D eigenvalue weighted by Crippen LogP contribution is 2.31. The third-order valence-electron chi connectivity index (χ3n) is 3.14. The van der Waals surface area contributed by atoms with E-state index >= 15 is 0 Å². The van der Waals surface area contributed by atoms with Crippen molar-refractivity contribution in [2.45, 2.75) is 12.8 Å².